The minimum absolute atomic E-state index is 0.271. The number of carboxylic acid groups (broad SMARTS) is 1. The molecule has 3 N–H and O–H groups in total. The average molecular weight is 339 g/mol. The van der Waals surface area contributed by atoms with Gasteiger partial charge in [-0.2, -0.15) is 0 Å². The molecule has 0 aliphatic carbocycles. The van der Waals surface area contributed by atoms with Crippen molar-refractivity contribution in [1.82, 2.24) is 0 Å². The molecule has 1 aromatic carbocycles. The van der Waals surface area contributed by atoms with Gasteiger partial charge >= 0.3 is 126 Å². The predicted octanol–water partition coefficient (Wildman–Crippen LogP) is 1.71. The molecule has 2 atom stereocenters. The first-order chi connectivity index (χ1) is 9.27. The van der Waals surface area contributed by atoms with Crippen molar-refractivity contribution in [3.05, 3.63) is 28.8 Å². The average Bonchev–Trinajstić information content (AvgIpc) is 2.35. The Bertz CT molecular complexity index is 526. The molecule has 0 heterocycles. The maximum atomic E-state index is 11.6. The van der Waals surface area contributed by atoms with Gasteiger partial charge in [-0.1, -0.05) is 0 Å². The molecule has 0 fully saturated rings. The number of carbonyl (C=O) groups excluding carboxylic acids is 1. The van der Waals surface area contributed by atoms with E-state index in [-0.39, 0.29) is 5.56 Å². The van der Waals surface area contributed by atoms with Crippen LogP contribution in [0.5, 0.6) is 0 Å². The van der Waals surface area contributed by atoms with Crippen LogP contribution in [0.3, 0.4) is 0 Å². The van der Waals surface area contributed by atoms with E-state index in [1.54, 1.807) is 19.1 Å². The second-order valence-electron chi connectivity index (χ2n) is 5.29. The molecule has 0 aliphatic rings. The van der Waals surface area contributed by atoms with E-state index in [1.165, 1.54) is 0 Å². The molecule has 5 heteroatoms. The first-order valence-electron chi connectivity index (χ1n) is 6.72. The third-order valence-corrected chi connectivity index (χ3v) is 8.00. The fourth-order valence-electron chi connectivity index (χ4n) is 2.20. The Morgan fingerprint density at radius 2 is 1.90 bits per heavy atom. The summed E-state index contributed by atoms with van der Waals surface area (Å²) in [4.78, 5) is 22.8. The van der Waals surface area contributed by atoms with Crippen molar-refractivity contribution < 1.29 is 14.7 Å². The fourth-order valence-corrected chi connectivity index (χ4v) is 5.38. The molecule has 0 spiro atoms. The van der Waals surface area contributed by atoms with Gasteiger partial charge in [0, 0.05) is 0 Å². The summed E-state index contributed by atoms with van der Waals surface area (Å²) in [5, 5.41) is 9.22. The van der Waals surface area contributed by atoms with Crippen molar-refractivity contribution in [3.8, 4) is 0 Å². The fraction of sp³-hybridized carbons (Fsp3) is 0.467. The van der Waals surface area contributed by atoms with Gasteiger partial charge in [0.15, 0.2) is 0 Å². The van der Waals surface area contributed by atoms with E-state index in [4.69, 9.17) is 5.73 Å². The van der Waals surface area contributed by atoms with Gasteiger partial charge in [-0.3, -0.25) is 0 Å². The van der Waals surface area contributed by atoms with Gasteiger partial charge in [0.25, 0.3) is 0 Å². The predicted molar refractivity (Wildman–Crippen MR) is 82.3 cm³/mol. The summed E-state index contributed by atoms with van der Waals surface area (Å²) in [5.41, 5.74) is 6.78. The second-order valence-corrected chi connectivity index (χ2v) is 8.58. The summed E-state index contributed by atoms with van der Waals surface area (Å²) in [7, 11) is 0. The number of aromatic carboxylic acids is 1. The van der Waals surface area contributed by atoms with Crippen LogP contribution in [0, 0.1) is 12.8 Å². The van der Waals surface area contributed by atoms with Crippen molar-refractivity contribution in [2.75, 3.05) is 0 Å². The number of carbonyl (C=O) groups is 2. The van der Waals surface area contributed by atoms with E-state index >= 15 is 0 Å². The van der Waals surface area contributed by atoms with Crippen molar-refractivity contribution >= 4 is 32.0 Å². The van der Waals surface area contributed by atoms with Crippen molar-refractivity contribution in [3.63, 3.8) is 0 Å². The Hall–Kier alpha value is -1.28. The van der Waals surface area contributed by atoms with E-state index in [0.717, 1.165) is 10.8 Å². The van der Waals surface area contributed by atoms with E-state index in [2.05, 4.69) is 20.8 Å². The summed E-state index contributed by atoms with van der Waals surface area (Å²) in [6.45, 7) is 8.14. The van der Waals surface area contributed by atoms with Crippen molar-refractivity contribution in [2.24, 2.45) is 11.7 Å². The van der Waals surface area contributed by atoms with E-state index in [9.17, 15) is 14.7 Å². The number of amides is 1. The summed E-state index contributed by atoms with van der Waals surface area (Å²) in [5.74, 6) is -0.901. The Morgan fingerprint density at radius 1 is 1.30 bits per heavy atom. The van der Waals surface area contributed by atoms with Crippen LogP contribution in [0.15, 0.2) is 12.1 Å². The summed E-state index contributed by atoms with van der Waals surface area (Å²) >= 11 is -0.608. The van der Waals surface area contributed by atoms with E-state index in [0.29, 0.717) is 21.8 Å². The quantitative estimate of drug-likeness (QED) is 0.774. The van der Waals surface area contributed by atoms with Crippen LogP contribution < -0.4 is 10.1 Å². The topological polar surface area (TPSA) is 80.4 Å². The molecule has 1 amide bonds. The molecular formula is C15H22AsNO3. The number of aryl methyl sites for hydroxylation is 1. The zero-order valence-corrected chi connectivity index (χ0v) is 14.5. The molecule has 0 aliphatic heterocycles. The van der Waals surface area contributed by atoms with Gasteiger partial charge in [0.1, 0.15) is 0 Å². The molecule has 0 saturated heterocycles. The number of nitrogens with two attached hydrogens (primary N) is 1. The van der Waals surface area contributed by atoms with E-state index < -0.39 is 27.6 Å². The van der Waals surface area contributed by atoms with Crippen LogP contribution >= 0.6 is 0 Å². The number of hydrogen-bond acceptors (Lipinski definition) is 2. The Labute approximate surface area is 126 Å². The van der Waals surface area contributed by atoms with Crippen molar-refractivity contribution in [1.29, 1.82) is 0 Å². The molecule has 4 nitrogen and oxygen atoms in total. The number of rotatable bonds is 6. The first-order valence-corrected chi connectivity index (χ1v) is 8.98. The SMILES string of the molecule is CCC([AsH]c1cc(C(=O)O)c(C)cc1C(N)=O)C(C)C. The second kappa shape index (κ2) is 6.94. The normalized spacial score (nSPS) is 13.1. The Balaban J connectivity index is 3.30. The van der Waals surface area contributed by atoms with Gasteiger partial charge < -0.3 is 0 Å². The molecular weight excluding hydrogens is 317 g/mol. The minimum atomic E-state index is -0.955. The molecule has 1 aromatic rings. The van der Waals surface area contributed by atoms with Gasteiger partial charge in [-0.05, 0) is 0 Å². The Morgan fingerprint density at radius 3 is 2.30 bits per heavy atom. The van der Waals surface area contributed by atoms with E-state index in [1.807, 2.05) is 0 Å². The molecule has 0 bridgehead atoms. The number of hydrogen-bond donors (Lipinski definition) is 2. The van der Waals surface area contributed by atoms with Gasteiger partial charge in [-0.25, -0.2) is 0 Å². The van der Waals surface area contributed by atoms with Crippen LogP contribution in [0.25, 0.3) is 0 Å². The van der Waals surface area contributed by atoms with Gasteiger partial charge in [-0.15, -0.1) is 0 Å². The van der Waals surface area contributed by atoms with Crippen LogP contribution in [0.2, 0.25) is 4.71 Å². The zero-order valence-electron chi connectivity index (χ0n) is 12.4. The molecule has 1 rings (SSSR count). The van der Waals surface area contributed by atoms with Crippen molar-refractivity contribution in [2.45, 2.75) is 38.8 Å². The van der Waals surface area contributed by atoms with Gasteiger partial charge in [0.2, 0.25) is 0 Å². The van der Waals surface area contributed by atoms with Crippen LogP contribution in [-0.2, 0) is 0 Å². The third-order valence-electron chi connectivity index (χ3n) is 3.45. The van der Waals surface area contributed by atoms with Crippen LogP contribution in [-0.4, -0.2) is 32.7 Å². The molecule has 2 unspecified atom stereocenters. The zero-order chi connectivity index (χ0) is 15.4. The monoisotopic (exact) mass is 339 g/mol. The molecule has 0 saturated carbocycles. The molecule has 110 valence electrons. The maximum absolute atomic E-state index is 11.6. The molecule has 0 aromatic heterocycles. The molecule has 20 heavy (non-hydrogen) atoms. The third kappa shape index (κ3) is 3.86. The summed E-state index contributed by atoms with van der Waals surface area (Å²) in [6, 6.07) is 3.28. The number of benzene rings is 1. The number of carboxylic acids is 1. The van der Waals surface area contributed by atoms with Crippen LogP contribution in [0.4, 0.5) is 0 Å². The first kappa shape index (κ1) is 16.8. The summed E-state index contributed by atoms with van der Waals surface area (Å²) < 4.78 is 1.39. The standard InChI is InChI=1S/C15H22AsNO3/c1-5-12(8(2)3)16-13-7-10(15(19)20)9(4)6-11(13)14(17)18/h6-8,12,16H,5H2,1-4H3,(H2,17,18)(H,19,20). The Kier molecular flexibility index (Phi) is 5.82. The molecule has 0 radical (unpaired) electrons. The summed E-state index contributed by atoms with van der Waals surface area (Å²) in [6.07, 6.45) is 1.03. The van der Waals surface area contributed by atoms with Crippen LogP contribution in [0.1, 0.15) is 53.5 Å². The van der Waals surface area contributed by atoms with Gasteiger partial charge in [0.05, 0.1) is 0 Å². The number of primary amides is 1.